The largest absolute Gasteiger partial charge is 0.424 e. The fraction of sp³-hybridized carbons (Fsp3) is 0.846. The van der Waals surface area contributed by atoms with Crippen LogP contribution in [-0.4, -0.2) is 39.9 Å². The Hall–Kier alpha value is -0.940. The lowest BCUT2D eigenvalue weighted by molar-refractivity contribution is 0.154. The Kier molecular flexibility index (Phi) is 5.75. The summed E-state index contributed by atoms with van der Waals surface area (Å²) in [4.78, 5) is 2.25. The summed E-state index contributed by atoms with van der Waals surface area (Å²) in [5, 5.41) is 17.0. The lowest BCUT2D eigenvalue weighted by atomic mass is 9.96. The summed E-state index contributed by atoms with van der Waals surface area (Å²) in [5.74, 6) is 1.34. The predicted octanol–water partition coefficient (Wildman–Crippen LogP) is 1.86. The Morgan fingerprint density at radius 2 is 1.89 bits per heavy atom. The molecule has 0 aliphatic carbocycles. The summed E-state index contributed by atoms with van der Waals surface area (Å²) in [6, 6.07) is 0. The Bertz CT molecular complexity index is 344. The lowest BCUT2D eigenvalue weighted by Crippen LogP contribution is -2.33. The van der Waals surface area contributed by atoms with Crippen LogP contribution >= 0.6 is 0 Å². The second-order valence-electron chi connectivity index (χ2n) is 5.79. The molecule has 0 amide bonds. The maximum atomic E-state index is 8.94. The van der Waals surface area contributed by atoms with E-state index in [0.717, 1.165) is 25.9 Å². The van der Waals surface area contributed by atoms with Crippen molar-refractivity contribution in [3.63, 3.8) is 0 Å². The third kappa shape index (κ3) is 5.60. The van der Waals surface area contributed by atoms with Crippen LogP contribution < -0.4 is 0 Å². The van der Waals surface area contributed by atoms with E-state index in [1.54, 1.807) is 0 Å². The van der Waals surface area contributed by atoms with Gasteiger partial charge in [0, 0.05) is 26.1 Å². The minimum absolute atomic E-state index is 0.211. The topological polar surface area (TPSA) is 62.4 Å². The van der Waals surface area contributed by atoms with Crippen molar-refractivity contribution in [3.8, 4) is 0 Å². The van der Waals surface area contributed by atoms with Gasteiger partial charge >= 0.3 is 0 Å². The van der Waals surface area contributed by atoms with E-state index in [2.05, 4.69) is 35.9 Å². The van der Waals surface area contributed by atoms with Gasteiger partial charge in [-0.2, -0.15) is 0 Å². The quantitative estimate of drug-likeness (QED) is 0.805. The van der Waals surface area contributed by atoms with E-state index >= 15 is 0 Å². The standard InChI is InChI=1S/C13H25N3O2/c1-5-11-14-15-12(18-11)9-16(7-6-8-17)10-13(2,3)4/h17H,5-10H2,1-4H3. The van der Waals surface area contributed by atoms with Crippen LogP contribution in [0.5, 0.6) is 0 Å². The zero-order valence-corrected chi connectivity index (χ0v) is 11.9. The minimum Gasteiger partial charge on any atom is -0.424 e. The van der Waals surface area contributed by atoms with E-state index < -0.39 is 0 Å². The maximum absolute atomic E-state index is 8.94. The summed E-state index contributed by atoms with van der Waals surface area (Å²) in [7, 11) is 0. The van der Waals surface area contributed by atoms with Crippen molar-refractivity contribution < 1.29 is 9.52 Å². The van der Waals surface area contributed by atoms with E-state index in [0.29, 0.717) is 18.3 Å². The number of rotatable bonds is 7. The van der Waals surface area contributed by atoms with Crippen molar-refractivity contribution in [3.05, 3.63) is 11.8 Å². The van der Waals surface area contributed by atoms with Gasteiger partial charge in [0.15, 0.2) is 0 Å². The summed E-state index contributed by atoms with van der Waals surface area (Å²) in [6.07, 6.45) is 1.54. The van der Waals surface area contributed by atoms with E-state index in [9.17, 15) is 0 Å². The summed E-state index contributed by atoms with van der Waals surface area (Å²) in [5.41, 5.74) is 0.211. The van der Waals surface area contributed by atoms with E-state index in [1.165, 1.54) is 0 Å². The molecule has 0 saturated carbocycles. The van der Waals surface area contributed by atoms with Crippen molar-refractivity contribution in [2.45, 2.75) is 47.1 Å². The maximum Gasteiger partial charge on any atom is 0.230 e. The zero-order valence-electron chi connectivity index (χ0n) is 11.9. The van der Waals surface area contributed by atoms with Gasteiger partial charge in [-0.15, -0.1) is 10.2 Å². The SMILES string of the molecule is CCc1nnc(CN(CCCO)CC(C)(C)C)o1. The molecule has 1 heterocycles. The molecule has 18 heavy (non-hydrogen) atoms. The van der Waals surface area contributed by atoms with Crippen LogP contribution in [0.3, 0.4) is 0 Å². The van der Waals surface area contributed by atoms with Crippen LogP contribution in [0.25, 0.3) is 0 Å². The predicted molar refractivity (Wildman–Crippen MR) is 70.1 cm³/mol. The van der Waals surface area contributed by atoms with Crippen molar-refractivity contribution in [2.75, 3.05) is 19.7 Å². The number of aliphatic hydroxyl groups excluding tert-OH is 1. The number of aliphatic hydroxyl groups is 1. The van der Waals surface area contributed by atoms with Gasteiger partial charge in [0.2, 0.25) is 11.8 Å². The number of hydrogen-bond acceptors (Lipinski definition) is 5. The Balaban J connectivity index is 2.59. The van der Waals surface area contributed by atoms with Crippen LogP contribution in [-0.2, 0) is 13.0 Å². The lowest BCUT2D eigenvalue weighted by Gasteiger charge is -2.28. The normalized spacial score (nSPS) is 12.3. The third-order valence-corrected chi connectivity index (χ3v) is 2.50. The molecule has 0 bridgehead atoms. The van der Waals surface area contributed by atoms with Crippen LogP contribution in [0.1, 0.15) is 45.9 Å². The number of nitrogens with zero attached hydrogens (tertiary/aromatic N) is 3. The monoisotopic (exact) mass is 255 g/mol. The van der Waals surface area contributed by atoms with Gasteiger partial charge in [0.1, 0.15) is 0 Å². The zero-order chi connectivity index (χ0) is 13.6. The fourth-order valence-corrected chi connectivity index (χ4v) is 1.87. The van der Waals surface area contributed by atoms with Crippen LogP contribution in [0.15, 0.2) is 4.42 Å². The molecule has 0 unspecified atom stereocenters. The molecule has 104 valence electrons. The first-order chi connectivity index (χ1) is 8.44. The Morgan fingerprint density at radius 3 is 2.39 bits per heavy atom. The van der Waals surface area contributed by atoms with Crippen molar-refractivity contribution in [2.24, 2.45) is 5.41 Å². The first kappa shape index (κ1) is 15.1. The molecular formula is C13H25N3O2. The van der Waals surface area contributed by atoms with Gasteiger partial charge in [-0.25, -0.2) is 0 Å². The molecule has 0 fully saturated rings. The first-order valence-electron chi connectivity index (χ1n) is 6.59. The molecule has 0 saturated heterocycles. The Morgan fingerprint density at radius 1 is 1.22 bits per heavy atom. The van der Waals surface area contributed by atoms with Gasteiger partial charge in [-0.1, -0.05) is 27.7 Å². The molecule has 0 spiro atoms. The molecule has 0 atom stereocenters. The van der Waals surface area contributed by atoms with Crippen LogP contribution in [0, 0.1) is 5.41 Å². The highest BCUT2D eigenvalue weighted by molar-refractivity contribution is 4.82. The van der Waals surface area contributed by atoms with Crippen molar-refractivity contribution in [1.29, 1.82) is 0 Å². The van der Waals surface area contributed by atoms with Crippen molar-refractivity contribution in [1.82, 2.24) is 15.1 Å². The highest BCUT2D eigenvalue weighted by atomic mass is 16.4. The molecule has 0 aliphatic heterocycles. The highest BCUT2D eigenvalue weighted by Gasteiger charge is 2.18. The molecule has 0 radical (unpaired) electrons. The molecule has 1 rings (SSSR count). The van der Waals surface area contributed by atoms with Gasteiger partial charge in [-0.3, -0.25) is 4.90 Å². The fourth-order valence-electron chi connectivity index (χ4n) is 1.87. The van der Waals surface area contributed by atoms with E-state index in [4.69, 9.17) is 9.52 Å². The molecule has 1 aromatic heterocycles. The Labute approximate surface area is 109 Å². The summed E-state index contributed by atoms with van der Waals surface area (Å²) >= 11 is 0. The molecule has 1 aromatic rings. The second kappa shape index (κ2) is 6.85. The molecule has 0 aromatic carbocycles. The smallest absolute Gasteiger partial charge is 0.230 e. The molecule has 5 heteroatoms. The van der Waals surface area contributed by atoms with E-state index in [1.807, 2.05) is 6.92 Å². The summed E-state index contributed by atoms with van der Waals surface area (Å²) in [6.45, 7) is 11.2. The van der Waals surface area contributed by atoms with Crippen molar-refractivity contribution >= 4 is 0 Å². The minimum atomic E-state index is 0.211. The number of aryl methyl sites for hydroxylation is 1. The highest BCUT2D eigenvalue weighted by Crippen LogP contribution is 2.17. The molecule has 0 aliphatic rings. The van der Waals surface area contributed by atoms with Gasteiger partial charge in [-0.05, 0) is 11.8 Å². The average Bonchev–Trinajstić information content (AvgIpc) is 2.71. The van der Waals surface area contributed by atoms with E-state index in [-0.39, 0.29) is 12.0 Å². The average molecular weight is 255 g/mol. The van der Waals surface area contributed by atoms with Gasteiger partial charge < -0.3 is 9.52 Å². The first-order valence-corrected chi connectivity index (χ1v) is 6.59. The summed E-state index contributed by atoms with van der Waals surface area (Å²) < 4.78 is 5.53. The number of aromatic nitrogens is 2. The molecular weight excluding hydrogens is 230 g/mol. The van der Waals surface area contributed by atoms with Crippen LogP contribution in [0.2, 0.25) is 0 Å². The van der Waals surface area contributed by atoms with Gasteiger partial charge in [0.05, 0.1) is 6.54 Å². The van der Waals surface area contributed by atoms with Crippen LogP contribution in [0.4, 0.5) is 0 Å². The molecule has 5 nitrogen and oxygen atoms in total. The number of hydrogen-bond donors (Lipinski definition) is 1. The van der Waals surface area contributed by atoms with Gasteiger partial charge in [0.25, 0.3) is 0 Å². The second-order valence-corrected chi connectivity index (χ2v) is 5.79. The molecule has 1 N–H and O–H groups in total. The third-order valence-electron chi connectivity index (χ3n) is 2.50.